The predicted molar refractivity (Wildman–Crippen MR) is 93.6 cm³/mol. The van der Waals surface area contributed by atoms with E-state index in [2.05, 4.69) is 4.72 Å². The first kappa shape index (κ1) is 18.9. The van der Waals surface area contributed by atoms with Crippen LogP contribution in [0.4, 0.5) is 0 Å². The molecular weight excluding hydrogens is 350 g/mol. The van der Waals surface area contributed by atoms with E-state index in [1.54, 1.807) is 43.3 Å². The van der Waals surface area contributed by atoms with E-state index < -0.39 is 22.2 Å². The van der Waals surface area contributed by atoms with Gasteiger partial charge in [-0.15, -0.1) is 0 Å². The quantitative estimate of drug-likeness (QED) is 0.786. The van der Waals surface area contributed by atoms with Gasteiger partial charge in [0.15, 0.2) is 0 Å². The molecule has 0 aromatic heterocycles. The van der Waals surface area contributed by atoms with Crippen molar-refractivity contribution in [3.05, 3.63) is 64.7 Å². The maximum absolute atomic E-state index is 12.7. The normalized spacial score (nSPS) is 14.3. The number of rotatable bonds is 7. The summed E-state index contributed by atoms with van der Waals surface area (Å²) in [7, 11) is -2.47. The zero-order valence-corrected chi connectivity index (χ0v) is 15.0. The lowest BCUT2D eigenvalue weighted by Crippen LogP contribution is -2.42. The van der Waals surface area contributed by atoms with Gasteiger partial charge in [0.05, 0.1) is 23.8 Å². The summed E-state index contributed by atoms with van der Waals surface area (Å²) in [6.45, 7) is 1.68. The number of hydrogen-bond acceptors (Lipinski definition) is 4. The van der Waals surface area contributed by atoms with Crippen LogP contribution in [0.25, 0.3) is 0 Å². The summed E-state index contributed by atoms with van der Waals surface area (Å²) in [4.78, 5) is 0.00744. The molecule has 0 saturated carbocycles. The Kier molecular flexibility index (Phi) is 6.37. The molecule has 0 fully saturated rings. The molecule has 0 amide bonds. The summed E-state index contributed by atoms with van der Waals surface area (Å²) in [6, 6.07) is 12.8. The first-order valence-corrected chi connectivity index (χ1v) is 9.22. The summed E-state index contributed by atoms with van der Waals surface area (Å²) < 4.78 is 33.0. The first-order chi connectivity index (χ1) is 11.4. The summed E-state index contributed by atoms with van der Waals surface area (Å²) in [5, 5.41) is 10.7. The fourth-order valence-electron chi connectivity index (χ4n) is 2.47. The van der Waals surface area contributed by atoms with Gasteiger partial charge in [0, 0.05) is 7.11 Å². The number of aliphatic hydroxyl groups is 1. The Morgan fingerprint density at radius 3 is 2.42 bits per heavy atom. The van der Waals surface area contributed by atoms with Crippen molar-refractivity contribution in [2.24, 2.45) is 0 Å². The zero-order valence-electron chi connectivity index (χ0n) is 13.4. The van der Waals surface area contributed by atoms with Gasteiger partial charge in [-0.25, -0.2) is 13.1 Å². The van der Waals surface area contributed by atoms with Crippen LogP contribution in [0, 0.1) is 6.92 Å². The van der Waals surface area contributed by atoms with Crippen LogP contribution in [0.3, 0.4) is 0 Å². The third kappa shape index (κ3) is 4.34. The Balaban J connectivity index is 2.33. The van der Waals surface area contributed by atoms with Crippen LogP contribution in [0.1, 0.15) is 17.2 Å². The van der Waals surface area contributed by atoms with Crippen LogP contribution in [0.2, 0.25) is 5.02 Å². The van der Waals surface area contributed by atoms with Crippen molar-refractivity contribution in [1.29, 1.82) is 0 Å². The molecule has 0 saturated heterocycles. The number of benzene rings is 2. The fourth-order valence-corrected chi connectivity index (χ4v) is 4.52. The molecule has 2 unspecified atom stereocenters. The van der Waals surface area contributed by atoms with Gasteiger partial charge < -0.3 is 9.84 Å². The number of methoxy groups -OCH3 is 1. The largest absolute Gasteiger partial charge is 0.387 e. The SMILES string of the molecule is COCC(NS(=O)(=O)c1c(C)cccc1Cl)C(O)c1ccccc1. The molecule has 0 aliphatic rings. The van der Waals surface area contributed by atoms with Crippen LogP contribution in [-0.2, 0) is 14.8 Å². The molecule has 0 heterocycles. The Hall–Kier alpha value is -1.44. The minimum absolute atomic E-state index is 0.00744. The van der Waals surface area contributed by atoms with E-state index in [9.17, 15) is 13.5 Å². The third-order valence-electron chi connectivity index (χ3n) is 3.61. The standard InChI is InChI=1S/C17H20ClNO4S/c1-12-7-6-10-14(18)17(12)24(21,22)19-15(11-23-2)16(20)13-8-4-3-5-9-13/h3-10,15-16,19-20H,11H2,1-2H3. The molecule has 2 atom stereocenters. The molecule has 0 bridgehead atoms. The van der Waals surface area contributed by atoms with Crippen molar-refractivity contribution in [3.63, 3.8) is 0 Å². The first-order valence-electron chi connectivity index (χ1n) is 7.36. The van der Waals surface area contributed by atoms with Gasteiger partial charge in [0.2, 0.25) is 10.0 Å². The van der Waals surface area contributed by atoms with E-state index in [1.807, 2.05) is 6.07 Å². The molecule has 7 heteroatoms. The van der Waals surface area contributed by atoms with Crippen LogP contribution in [0.5, 0.6) is 0 Å². The summed E-state index contributed by atoms with van der Waals surface area (Å²) >= 11 is 6.06. The molecule has 2 N–H and O–H groups in total. The molecule has 5 nitrogen and oxygen atoms in total. The Morgan fingerprint density at radius 1 is 1.17 bits per heavy atom. The molecule has 0 spiro atoms. The van der Waals surface area contributed by atoms with E-state index in [0.29, 0.717) is 11.1 Å². The van der Waals surface area contributed by atoms with Gasteiger partial charge in [0.1, 0.15) is 4.90 Å². The molecule has 2 aromatic rings. The predicted octanol–water partition coefficient (Wildman–Crippen LogP) is 2.68. The van der Waals surface area contributed by atoms with Crippen LogP contribution in [-0.4, -0.2) is 33.3 Å². The second-order valence-electron chi connectivity index (χ2n) is 5.42. The second kappa shape index (κ2) is 8.09. The number of aliphatic hydroxyl groups excluding tert-OH is 1. The number of nitrogens with one attached hydrogen (secondary N) is 1. The molecule has 2 rings (SSSR count). The van der Waals surface area contributed by atoms with Crippen LogP contribution < -0.4 is 4.72 Å². The number of halogens is 1. The van der Waals surface area contributed by atoms with Gasteiger partial charge >= 0.3 is 0 Å². The van der Waals surface area contributed by atoms with Gasteiger partial charge in [-0.05, 0) is 24.1 Å². The van der Waals surface area contributed by atoms with Crippen molar-refractivity contribution < 1.29 is 18.3 Å². The average Bonchev–Trinajstić information content (AvgIpc) is 2.54. The van der Waals surface area contributed by atoms with E-state index in [0.717, 1.165) is 0 Å². The smallest absolute Gasteiger partial charge is 0.242 e. The third-order valence-corrected chi connectivity index (χ3v) is 5.73. The average molecular weight is 370 g/mol. The number of aryl methyl sites for hydroxylation is 1. The van der Waals surface area contributed by atoms with E-state index in [-0.39, 0.29) is 16.5 Å². The van der Waals surface area contributed by atoms with Gasteiger partial charge in [-0.3, -0.25) is 0 Å². The molecule has 0 aliphatic carbocycles. The van der Waals surface area contributed by atoms with Gasteiger partial charge in [-0.2, -0.15) is 0 Å². The highest BCUT2D eigenvalue weighted by Gasteiger charge is 2.29. The monoisotopic (exact) mass is 369 g/mol. The number of hydrogen-bond donors (Lipinski definition) is 2. The van der Waals surface area contributed by atoms with Crippen molar-refractivity contribution in [1.82, 2.24) is 4.72 Å². The Labute approximate surface area is 147 Å². The molecular formula is C17H20ClNO4S. The lowest BCUT2D eigenvalue weighted by Gasteiger charge is -2.24. The van der Waals surface area contributed by atoms with Gasteiger partial charge in [0.25, 0.3) is 0 Å². The minimum atomic E-state index is -3.92. The lowest BCUT2D eigenvalue weighted by molar-refractivity contribution is 0.0799. The van der Waals surface area contributed by atoms with Crippen LogP contribution >= 0.6 is 11.6 Å². The summed E-state index contributed by atoms with van der Waals surface area (Å²) in [6.07, 6.45) is -1.05. The van der Waals surface area contributed by atoms with Crippen molar-refractivity contribution >= 4 is 21.6 Å². The van der Waals surface area contributed by atoms with Crippen molar-refractivity contribution in [3.8, 4) is 0 Å². The second-order valence-corrected chi connectivity index (χ2v) is 7.48. The fraction of sp³-hybridized carbons (Fsp3) is 0.294. The van der Waals surface area contributed by atoms with E-state index in [4.69, 9.17) is 16.3 Å². The highest BCUT2D eigenvalue weighted by Crippen LogP contribution is 2.26. The summed E-state index contributed by atoms with van der Waals surface area (Å²) in [5.74, 6) is 0. The van der Waals surface area contributed by atoms with Crippen LogP contribution in [0.15, 0.2) is 53.4 Å². The Bertz CT molecular complexity index is 760. The molecule has 130 valence electrons. The maximum Gasteiger partial charge on any atom is 0.242 e. The topological polar surface area (TPSA) is 75.6 Å². The summed E-state index contributed by atoms with van der Waals surface area (Å²) in [5.41, 5.74) is 1.12. The van der Waals surface area contributed by atoms with E-state index in [1.165, 1.54) is 13.2 Å². The molecule has 2 aromatic carbocycles. The highest BCUT2D eigenvalue weighted by molar-refractivity contribution is 7.89. The van der Waals surface area contributed by atoms with Crippen molar-refractivity contribution in [2.45, 2.75) is 24.0 Å². The molecule has 0 aliphatic heterocycles. The zero-order chi connectivity index (χ0) is 17.7. The molecule has 24 heavy (non-hydrogen) atoms. The van der Waals surface area contributed by atoms with Gasteiger partial charge in [-0.1, -0.05) is 54.1 Å². The highest BCUT2D eigenvalue weighted by atomic mass is 35.5. The maximum atomic E-state index is 12.7. The minimum Gasteiger partial charge on any atom is -0.387 e. The van der Waals surface area contributed by atoms with Crippen molar-refractivity contribution in [2.75, 3.05) is 13.7 Å². The van der Waals surface area contributed by atoms with E-state index >= 15 is 0 Å². The molecule has 0 radical (unpaired) electrons. The number of ether oxygens (including phenoxy) is 1. The lowest BCUT2D eigenvalue weighted by atomic mass is 10.0. The number of sulfonamides is 1. The Morgan fingerprint density at radius 2 is 1.83 bits per heavy atom.